The number of thiophene rings is 1. The zero-order valence-electron chi connectivity index (χ0n) is 18.0. The molecule has 164 valence electrons. The quantitative estimate of drug-likeness (QED) is 0.240. The van der Waals surface area contributed by atoms with Gasteiger partial charge in [0.2, 0.25) is 0 Å². The van der Waals surface area contributed by atoms with Gasteiger partial charge in [0.05, 0.1) is 22.4 Å². The fourth-order valence-corrected chi connectivity index (χ4v) is 5.61. The highest BCUT2D eigenvalue weighted by Gasteiger charge is 2.19. The van der Waals surface area contributed by atoms with Gasteiger partial charge in [-0.3, -0.25) is 0 Å². The van der Waals surface area contributed by atoms with Crippen LogP contribution in [-0.4, -0.2) is 22.7 Å². The van der Waals surface area contributed by atoms with Gasteiger partial charge in [-0.2, -0.15) is 0 Å². The number of benzene rings is 2. The highest BCUT2D eigenvalue weighted by Crippen LogP contribution is 2.32. The van der Waals surface area contributed by atoms with Gasteiger partial charge in [-0.15, -0.1) is 11.3 Å². The molecule has 0 aliphatic carbocycles. The Morgan fingerprint density at radius 2 is 1.81 bits per heavy atom. The number of aryl methyl sites for hydroxylation is 2. The molecule has 0 fully saturated rings. The molecule has 4 aromatic rings. The summed E-state index contributed by atoms with van der Waals surface area (Å²) in [5.74, 6) is -0.362. The van der Waals surface area contributed by atoms with Crippen LogP contribution in [0.15, 0.2) is 48.5 Å². The molecule has 0 aliphatic heterocycles. The topological polar surface area (TPSA) is 63.2 Å². The number of carbonyl (C=O) groups is 1. The predicted octanol–water partition coefficient (Wildman–Crippen LogP) is 6.55. The number of thiazole rings is 1. The second kappa shape index (κ2) is 9.77. The van der Waals surface area contributed by atoms with Crippen LogP contribution in [0.25, 0.3) is 10.2 Å². The number of aromatic nitrogens is 1. The lowest BCUT2D eigenvalue weighted by molar-refractivity contribution is 0.0528. The first kappa shape index (κ1) is 22.4. The third-order valence-corrected chi connectivity index (χ3v) is 7.14. The lowest BCUT2D eigenvalue weighted by atomic mass is 10.1. The molecule has 2 aromatic carbocycles. The van der Waals surface area contributed by atoms with E-state index in [9.17, 15) is 4.79 Å². The zero-order valence-corrected chi connectivity index (χ0v) is 20.5. The second-order valence-electron chi connectivity index (χ2n) is 7.34. The molecule has 2 aromatic heterocycles. The minimum absolute atomic E-state index is 0.315. The van der Waals surface area contributed by atoms with Crippen molar-refractivity contribution in [2.24, 2.45) is 0 Å². The van der Waals surface area contributed by atoms with Crippen molar-refractivity contribution in [1.29, 1.82) is 0 Å². The van der Waals surface area contributed by atoms with E-state index in [2.05, 4.69) is 53.7 Å². The van der Waals surface area contributed by atoms with Crippen molar-refractivity contribution >= 4 is 66.3 Å². The highest BCUT2D eigenvalue weighted by atomic mass is 32.1. The predicted molar refractivity (Wildman–Crippen MR) is 138 cm³/mol. The van der Waals surface area contributed by atoms with E-state index in [4.69, 9.17) is 17.0 Å². The summed E-state index contributed by atoms with van der Waals surface area (Å²) in [6.45, 7) is 6.28. The SMILES string of the molecule is CCOC(=O)c1cc(Cc2ccccc2)sc1NC(=S)Nc1nc2cc(C)c(C)cc2s1. The molecule has 0 spiro atoms. The van der Waals surface area contributed by atoms with Gasteiger partial charge in [0.25, 0.3) is 0 Å². The molecule has 0 saturated heterocycles. The molecule has 8 heteroatoms. The summed E-state index contributed by atoms with van der Waals surface area (Å²) in [7, 11) is 0. The summed E-state index contributed by atoms with van der Waals surface area (Å²) in [4.78, 5) is 18.2. The first-order valence-electron chi connectivity index (χ1n) is 10.2. The van der Waals surface area contributed by atoms with Gasteiger partial charge in [-0.1, -0.05) is 41.7 Å². The van der Waals surface area contributed by atoms with E-state index in [1.807, 2.05) is 24.3 Å². The number of ether oxygens (including phenoxy) is 1. The van der Waals surface area contributed by atoms with Crippen LogP contribution < -0.4 is 10.6 Å². The number of nitrogens with zero attached hydrogens (tertiary/aromatic N) is 1. The average molecular weight is 482 g/mol. The smallest absolute Gasteiger partial charge is 0.341 e. The summed E-state index contributed by atoms with van der Waals surface area (Å²) >= 11 is 8.57. The van der Waals surface area contributed by atoms with Crippen molar-refractivity contribution in [3.05, 3.63) is 75.7 Å². The molecule has 5 nitrogen and oxygen atoms in total. The Labute approximate surface area is 200 Å². The molecule has 0 aliphatic rings. The number of carbonyl (C=O) groups excluding carboxylic acids is 1. The first-order chi connectivity index (χ1) is 15.4. The van der Waals surface area contributed by atoms with E-state index >= 15 is 0 Å². The number of thiocarbonyl (C=S) groups is 1. The number of esters is 1. The second-order valence-corrected chi connectivity index (χ2v) is 9.92. The molecule has 0 amide bonds. The monoisotopic (exact) mass is 481 g/mol. The average Bonchev–Trinajstić information content (AvgIpc) is 3.32. The van der Waals surface area contributed by atoms with E-state index in [1.165, 1.54) is 28.0 Å². The summed E-state index contributed by atoms with van der Waals surface area (Å²) in [6, 6.07) is 16.2. The molecule has 32 heavy (non-hydrogen) atoms. The number of rotatable bonds is 6. The standard InChI is InChI=1S/C24H23N3O2S3/c1-4-29-22(28)18-13-17(12-16-8-6-5-7-9-16)31-21(18)26-23(30)27-24-25-19-10-14(2)15(3)11-20(19)32-24/h5-11,13H,4,12H2,1-3H3,(H2,25,26,27,30). The molecule has 0 radical (unpaired) electrons. The Bertz CT molecular complexity index is 1240. The fraction of sp³-hybridized carbons (Fsp3) is 0.208. The molecule has 0 bridgehead atoms. The van der Waals surface area contributed by atoms with Crippen LogP contribution in [0, 0.1) is 13.8 Å². The van der Waals surface area contributed by atoms with Gasteiger partial charge in [0, 0.05) is 11.3 Å². The van der Waals surface area contributed by atoms with E-state index < -0.39 is 0 Å². The van der Waals surface area contributed by atoms with Crippen molar-refractivity contribution in [2.45, 2.75) is 27.2 Å². The lowest BCUT2D eigenvalue weighted by Gasteiger charge is -2.08. The van der Waals surface area contributed by atoms with Crippen LogP contribution in [0.2, 0.25) is 0 Å². The van der Waals surface area contributed by atoms with Crippen LogP contribution in [-0.2, 0) is 11.2 Å². The third-order valence-electron chi connectivity index (χ3n) is 4.95. The van der Waals surface area contributed by atoms with Crippen molar-refractivity contribution in [1.82, 2.24) is 4.98 Å². The Kier molecular flexibility index (Phi) is 6.83. The molecule has 2 N–H and O–H groups in total. The lowest BCUT2D eigenvalue weighted by Crippen LogP contribution is -2.19. The molecule has 4 rings (SSSR count). The molecular weight excluding hydrogens is 458 g/mol. The fourth-order valence-electron chi connectivity index (χ4n) is 3.24. The number of fused-ring (bicyclic) bond motifs is 1. The van der Waals surface area contributed by atoms with Gasteiger partial charge >= 0.3 is 5.97 Å². The third kappa shape index (κ3) is 5.15. The molecule has 0 atom stereocenters. The van der Waals surface area contributed by atoms with Crippen LogP contribution in [0.4, 0.5) is 10.1 Å². The van der Waals surface area contributed by atoms with Gasteiger partial charge in [0.1, 0.15) is 5.00 Å². The van der Waals surface area contributed by atoms with Crippen LogP contribution in [0.1, 0.15) is 38.8 Å². The van der Waals surface area contributed by atoms with Crippen molar-refractivity contribution in [3.8, 4) is 0 Å². The van der Waals surface area contributed by atoms with Gasteiger partial charge in [0.15, 0.2) is 10.2 Å². The number of hydrogen-bond donors (Lipinski definition) is 2. The summed E-state index contributed by atoms with van der Waals surface area (Å²) in [5, 5.41) is 8.10. The number of anilines is 2. The van der Waals surface area contributed by atoms with Crippen molar-refractivity contribution in [3.63, 3.8) is 0 Å². The Morgan fingerprint density at radius 1 is 1.06 bits per heavy atom. The number of hydrogen-bond acceptors (Lipinski definition) is 6. The maximum atomic E-state index is 12.5. The normalized spacial score (nSPS) is 10.8. The molecule has 2 heterocycles. The Balaban J connectivity index is 1.53. The van der Waals surface area contributed by atoms with Gasteiger partial charge < -0.3 is 15.4 Å². The van der Waals surface area contributed by atoms with Crippen LogP contribution >= 0.6 is 34.9 Å². The molecular formula is C24H23N3O2S3. The largest absolute Gasteiger partial charge is 0.462 e. The van der Waals surface area contributed by atoms with E-state index in [1.54, 1.807) is 18.3 Å². The van der Waals surface area contributed by atoms with E-state index in [-0.39, 0.29) is 5.97 Å². The van der Waals surface area contributed by atoms with Crippen LogP contribution in [0.5, 0.6) is 0 Å². The van der Waals surface area contributed by atoms with Crippen molar-refractivity contribution in [2.75, 3.05) is 17.2 Å². The molecule has 0 saturated carbocycles. The maximum Gasteiger partial charge on any atom is 0.341 e. The molecule has 0 unspecified atom stereocenters. The highest BCUT2D eigenvalue weighted by molar-refractivity contribution is 7.80. The van der Waals surface area contributed by atoms with E-state index in [0.717, 1.165) is 21.5 Å². The minimum atomic E-state index is -0.362. The van der Waals surface area contributed by atoms with Gasteiger partial charge in [-0.05, 0) is 67.9 Å². The zero-order chi connectivity index (χ0) is 22.7. The first-order valence-corrected chi connectivity index (χ1v) is 12.3. The minimum Gasteiger partial charge on any atom is -0.462 e. The summed E-state index contributed by atoms with van der Waals surface area (Å²) in [5.41, 5.74) is 5.05. The van der Waals surface area contributed by atoms with Crippen LogP contribution in [0.3, 0.4) is 0 Å². The summed E-state index contributed by atoms with van der Waals surface area (Å²) < 4.78 is 6.35. The maximum absolute atomic E-state index is 12.5. The van der Waals surface area contributed by atoms with Crippen molar-refractivity contribution < 1.29 is 9.53 Å². The summed E-state index contributed by atoms with van der Waals surface area (Å²) in [6.07, 6.45) is 0.732. The van der Waals surface area contributed by atoms with Gasteiger partial charge in [-0.25, -0.2) is 9.78 Å². The Morgan fingerprint density at radius 3 is 2.56 bits per heavy atom. The Hall–Kier alpha value is -2.81. The number of nitrogens with one attached hydrogen (secondary N) is 2. The van der Waals surface area contributed by atoms with E-state index in [0.29, 0.717) is 27.4 Å².